The van der Waals surface area contributed by atoms with Crippen LogP contribution in [0.5, 0.6) is 0 Å². The van der Waals surface area contributed by atoms with Crippen molar-refractivity contribution in [2.45, 2.75) is 329 Å². The average molecular weight is 1010 g/mol. The zero-order valence-electron chi connectivity index (χ0n) is 47.9. The van der Waals surface area contributed by atoms with Gasteiger partial charge in [-0.1, -0.05) is 287 Å². The lowest BCUT2D eigenvalue weighted by molar-refractivity contribution is -0.167. The summed E-state index contributed by atoms with van der Waals surface area (Å²) in [6.07, 6.45) is 76.5. The molecule has 0 N–H and O–H groups in total. The molecule has 0 aromatic carbocycles. The molecular formula is C66H118O6. The fraction of sp³-hybridized carbons (Fsp3) is 0.803. The Kier molecular flexibility index (Phi) is 58.2. The van der Waals surface area contributed by atoms with Crippen LogP contribution in [0.3, 0.4) is 0 Å². The summed E-state index contributed by atoms with van der Waals surface area (Å²) in [4.78, 5) is 38.3. The van der Waals surface area contributed by atoms with E-state index in [-0.39, 0.29) is 31.1 Å². The molecule has 0 saturated heterocycles. The van der Waals surface area contributed by atoms with Gasteiger partial charge < -0.3 is 14.2 Å². The lowest BCUT2D eigenvalue weighted by Gasteiger charge is -2.18. The number of carbonyl (C=O) groups excluding carboxylic acids is 3. The third kappa shape index (κ3) is 58.0. The van der Waals surface area contributed by atoms with E-state index in [1.54, 1.807) is 0 Å². The zero-order chi connectivity index (χ0) is 52.2. The van der Waals surface area contributed by atoms with Crippen LogP contribution in [0.25, 0.3) is 0 Å². The second-order valence-corrected chi connectivity index (χ2v) is 20.9. The first-order chi connectivity index (χ1) is 35.5. The number of hydrogen-bond donors (Lipinski definition) is 0. The van der Waals surface area contributed by atoms with E-state index in [1.165, 1.54) is 180 Å². The summed E-state index contributed by atoms with van der Waals surface area (Å²) in [5, 5.41) is 0. The molecule has 0 spiro atoms. The van der Waals surface area contributed by atoms with E-state index in [9.17, 15) is 14.4 Å². The topological polar surface area (TPSA) is 78.9 Å². The van der Waals surface area contributed by atoms with Crippen molar-refractivity contribution in [1.29, 1.82) is 0 Å². The normalized spacial score (nSPS) is 12.4. The Morgan fingerprint density at radius 3 is 0.889 bits per heavy atom. The van der Waals surface area contributed by atoms with Crippen LogP contribution < -0.4 is 0 Å². The van der Waals surface area contributed by atoms with E-state index in [4.69, 9.17) is 14.2 Å². The lowest BCUT2D eigenvalue weighted by Crippen LogP contribution is -2.30. The Morgan fingerprint density at radius 1 is 0.292 bits per heavy atom. The molecule has 0 aliphatic rings. The fourth-order valence-electron chi connectivity index (χ4n) is 9.06. The maximum atomic E-state index is 12.9. The van der Waals surface area contributed by atoms with Crippen molar-refractivity contribution in [3.63, 3.8) is 0 Å². The summed E-state index contributed by atoms with van der Waals surface area (Å²) in [6, 6.07) is 0. The Labute approximate surface area is 447 Å². The summed E-state index contributed by atoms with van der Waals surface area (Å²) in [5.74, 6) is -0.888. The van der Waals surface area contributed by atoms with Gasteiger partial charge in [0.2, 0.25) is 0 Å². The van der Waals surface area contributed by atoms with Crippen LogP contribution in [0, 0.1) is 0 Å². The van der Waals surface area contributed by atoms with Gasteiger partial charge in [0.1, 0.15) is 13.2 Å². The molecule has 0 bridgehead atoms. The summed E-state index contributed by atoms with van der Waals surface area (Å²) in [7, 11) is 0. The second-order valence-electron chi connectivity index (χ2n) is 20.9. The number of rotatable bonds is 57. The first-order valence-corrected chi connectivity index (χ1v) is 31.3. The molecule has 1 unspecified atom stereocenters. The highest BCUT2D eigenvalue weighted by molar-refractivity contribution is 5.71. The SMILES string of the molecule is CC/C=C\C/C=C\C/C=C\CCCCCCCCCC(=O)OC(COC(=O)CCCCCCC/C=C\C/C=C\CCCC)COC(=O)CCCCCCCCCCCCCCCCCCCCCCCCC. The first-order valence-electron chi connectivity index (χ1n) is 31.3. The van der Waals surface area contributed by atoms with Gasteiger partial charge in [0, 0.05) is 19.3 Å². The van der Waals surface area contributed by atoms with Crippen LogP contribution >= 0.6 is 0 Å². The van der Waals surface area contributed by atoms with Gasteiger partial charge in [-0.25, -0.2) is 0 Å². The van der Waals surface area contributed by atoms with E-state index in [1.807, 2.05) is 0 Å². The third-order valence-electron chi connectivity index (χ3n) is 13.8. The first kappa shape index (κ1) is 69.1. The summed E-state index contributed by atoms with van der Waals surface area (Å²) >= 11 is 0. The highest BCUT2D eigenvalue weighted by Crippen LogP contribution is 2.17. The van der Waals surface area contributed by atoms with Crippen molar-refractivity contribution in [3.8, 4) is 0 Å². The number of hydrogen-bond acceptors (Lipinski definition) is 6. The minimum Gasteiger partial charge on any atom is -0.462 e. The van der Waals surface area contributed by atoms with Crippen molar-refractivity contribution in [1.82, 2.24) is 0 Å². The minimum atomic E-state index is -0.785. The van der Waals surface area contributed by atoms with Gasteiger partial charge in [-0.3, -0.25) is 14.4 Å². The van der Waals surface area contributed by atoms with Gasteiger partial charge in [0.15, 0.2) is 6.10 Å². The van der Waals surface area contributed by atoms with Gasteiger partial charge in [-0.15, -0.1) is 0 Å². The third-order valence-corrected chi connectivity index (χ3v) is 13.8. The fourth-order valence-corrected chi connectivity index (χ4v) is 9.06. The molecule has 0 aliphatic heterocycles. The Hall–Kier alpha value is -2.89. The Morgan fingerprint density at radius 2 is 0.556 bits per heavy atom. The summed E-state index contributed by atoms with van der Waals surface area (Å²) < 4.78 is 16.9. The number of esters is 3. The summed E-state index contributed by atoms with van der Waals surface area (Å²) in [5.41, 5.74) is 0. The number of allylic oxidation sites excluding steroid dienone is 10. The van der Waals surface area contributed by atoms with E-state index < -0.39 is 6.10 Å². The molecule has 0 radical (unpaired) electrons. The highest BCUT2D eigenvalue weighted by atomic mass is 16.6. The molecule has 0 amide bonds. The molecule has 0 heterocycles. The van der Waals surface area contributed by atoms with Crippen LogP contribution in [0.1, 0.15) is 323 Å². The van der Waals surface area contributed by atoms with E-state index in [2.05, 4.69) is 81.5 Å². The largest absolute Gasteiger partial charge is 0.462 e. The zero-order valence-corrected chi connectivity index (χ0v) is 47.9. The molecule has 0 aliphatic carbocycles. The molecule has 418 valence electrons. The predicted molar refractivity (Wildman–Crippen MR) is 312 cm³/mol. The standard InChI is InChI=1S/C66H118O6/c1-4-7-10-13-16-19-22-25-28-30-31-32-33-34-35-37-38-41-44-47-50-53-56-59-65(68)71-62-63(61-70-64(67)58-55-52-49-46-43-40-27-24-21-18-15-12-9-6-3)72-66(69)60-57-54-51-48-45-42-39-36-29-26-23-20-17-14-11-8-5-2/h8,11,15,17-18,20,24,26-27,29,63H,4-7,9-10,12-14,16,19,21-23,25,28,30-62H2,1-3H3/b11-8-,18-15-,20-17-,27-24-,29-26-. The minimum absolute atomic E-state index is 0.0800. The quantitative estimate of drug-likeness (QED) is 0.0261. The Bertz CT molecular complexity index is 1290. The molecule has 1 atom stereocenters. The molecule has 6 heteroatoms. The number of carbonyl (C=O) groups is 3. The molecule has 0 aromatic rings. The van der Waals surface area contributed by atoms with Gasteiger partial charge in [-0.2, -0.15) is 0 Å². The van der Waals surface area contributed by atoms with Gasteiger partial charge in [0.05, 0.1) is 0 Å². The molecule has 6 nitrogen and oxygen atoms in total. The smallest absolute Gasteiger partial charge is 0.306 e. The maximum absolute atomic E-state index is 12.9. The van der Waals surface area contributed by atoms with Crippen LogP contribution in [0.4, 0.5) is 0 Å². The van der Waals surface area contributed by atoms with Crippen molar-refractivity contribution in [3.05, 3.63) is 60.8 Å². The van der Waals surface area contributed by atoms with Crippen molar-refractivity contribution in [2.24, 2.45) is 0 Å². The van der Waals surface area contributed by atoms with Gasteiger partial charge in [0.25, 0.3) is 0 Å². The van der Waals surface area contributed by atoms with E-state index in [0.717, 1.165) is 103 Å². The van der Waals surface area contributed by atoms with Crippen LogP contribution in [-0.4, -0.2) is 37.2 Å². The average Bonchev–Trinajstić information content (AvgIpc) is 3.38. The van der Waals surface area contributed by atoms with Crippen molar-refractivity contribution < 1.29 is 28.6 Å². The van der Waals surface area contributed by atoms with Crippen molar-refractivity contribution in [2.75, 3.05) is 13.2 Å². The van der Waals surface area contributed by atoms with Crippen LogP contribution in [0.2, 0.25) is 0 Å². The Balaban J connectivity index is 4.30. The monoisotopic (exact) mass is 1010 g/mol. The van der Waals surface area contributed by atoms with Crippen molar-refractivity contribution >= 4 is 17.9 Å². The van der Waals surface area contributed by atoms with Gasteiger partial charge in [-0.05, 0) is 77.0 Å². The maximum Gasteiger partial charge on any atom is 0.306 e. The number of ether oxygens (including phenoxy) is 3. The lowest BCUT2D eigenvalue weighted by atomic mass is 10.0. The van der Waals surface area contributed by atoms with Crippen LogP contribution in [-0.2, 0) is 28.6 Å². The second kappa shape index (κ2) is 60.7. The van der Waals surface area contributed by atoms with Gasteiger partial charge >= 0.3 is 17.9 Å². The molecule has 0 rings (SSSR count). The summed E-state index contributed by atoms with van der Waals surface area (Å²) in [6.45, 7) is 6.51. The molecule has 0 aromatic heterocycles. The van der Waals surface area contributed by atoms with E-state index >= 15 is 0 Å². The molecule has 72 heavy (non-hydrogen) atoms. The van der Waals surface area contributed by atoms with Crippen LogP contribution in [0.15, 0.2) is 60.8 Å². The van der Waals surface area contributed by atoms with E-state index in [0.29, 0.717) is 19.3 Å². The predicted octanol–water partition coefficient (Wildman–Crippen LogP) is 21.2. The molecule has 0 fully saturated rings. The molecule has 0 saturated carbocycles. The number of unbranched alkanes of at least 4 members (excludes halogenated alkanes) is 36. The molecular weight excluding hydrogens is 889 g/mol. The highest BCUT2D eigenvalue weighted by Gasteiger charge is 2.19.